The molecule has 1 heteroatoms. The lowest BCUT2D eigenvalue weighted by Gasteiger charge is -2.04. The molecule has 0 aliphatic rings. The monoisotopic (exact) mass is 340 g/mol. The molecule has 0 aliphatic carbocycles. The van der Waals surface area contributed by atoms with Crippen LogP contribution in [-0.4, -0.2) is 9.52 Å². The Bertz CT molecular complexity index is 170. The van der Waals surface area contributed by atoms with Crippen molar-refractivity contribution in [1.82, 2.24) is 0 Å². The van der Waals surface area contributed by atoms with Crippen LogP contribution in [0.25, 0.3) is 0 Å². The molecule has 0 radical (unpaired) electrons. The second-order valence-electron chi connectivity index (χ2n) is 7.72. The Balaban J connectivity index is 2.92. The van der Waals surface area contributed by atoms with Gasteiger partial charge in [-0.1, -0.05) is 142 Å². The summed E-state index contributed by atoms with van der Waals surface area (Å²) in [5, 5.41) is 0. The predicted molar refractivity (Wildman–Crippen MR) is 113 cm³/mol. The molecular weight excluding hydrogens is 292 g/mol. The fraction of sp³-hybridized carbons (Fsp3) is 1.00. The molecule has 0 aromatic carbocycles. The lowest BCUT2D eigenvalue weighted by Crippen LogP contribution is -1.85. The molecule has 0 amide bonds. The highest BCUT2D eigenvalue weighted by Crippen LogP contribution is 2.14. The van der Waals surface area contributed by atoms with Crippen molar-refractivity contribution in [2.24, 2.45) is 0 Å². The van der Waals surface area contributed by atoms with Crippen LogP contribution in [0.1, 0.15) is 129 Å². The van der Waals surface area contributed by atoms with Crippen LogP contribution in [0.2, 0.25) is 12.6 Å². The molecule has 0 heterocycles. The first kappa shape index (κ1) is 23.2. The van der Waals surface area contributed by atoms with E-state index in [9.17, 15) is 0 Å². The minimum absolute atomic E-state index is 0.346. The second kappa shape index (κ2) is 22.2. The maximum atomic E-state index is 2.44. The van der Waals surface area contributed by atoms with Gasteiger partial charge in [0.25, 0.3) is 0 Å². The van der Waals surface area contributed by atoms with E-state index in [1.807, 2.05) is 0 Å². The first-order valence-corrected chi connectivity index (χ1v) is 13.8. The van der Waals surface area contributed by atoms with E-state index < -0.39 is 0 Å². The minimum atomic E-state index is 0.346. The third kappa shape index (κ3) is 22.2. The fourth-order valence-corrected chi connectivity index (χ4v) is 4.36. The molecular formula is C22H48Si. The van der Waals surface area contributed by atoms with Crippen LogP contribution in [0, 0.1) is 0 Å². The number of unbranched alkanes of at least 4 members (excludes halogenated alkanes) is 18. The normalized spacial score (nSPS) is 11.7. The highest BCUT2D eigenvalue weighted by Gasteiger charge is 1.95. The predicted octanol–water partition coefficient (Wildman–Crippen LogP) is 8.05. The lowest BCUT2D eigenvalue weighted by molar-refractivity contribution is 0.524. The molecule has 0 spiro atoms. The van der Waals surface area contributed by atoms with E-state index >= 15 is 0 Å². The molecule has 0 N–H and O–H groups in total. The second-order valence-corrected chi connectivity index (χ2v) is 9.42. The van der Waals surface area contributed by atoms with Crippen LogP contribution in [0.15, 0.2) is 0 Å². The number of hydrogen-bond acceptors (Lipinski definition) is 0. The van der Waals surface area contributed by atoms with Gasteiger partial charge in [-0.15, -0.1) is 0 Å². The van der Waals surface area contributed by atoms with Crippen molar-refractivity contribution in [1.29, 1.82) is 0 Å². The quantitative estimate of drug-likeness (QED) is 0.155. The van der Waals surface area contributed by atoms with Crippen molar-refractivity contribution in [2.75, 3.05) is 0 Å². The number of rotatable bonds is 20. The molecule has 0 rings (SSSR count). The van der Waals surface area contributed by atoms with E-state index in [4.69, 9.17) is 0 Å². The zero-order valence-electron chi connectivity index (χ0n) is 16.8. The molecule has 0 aliphatic heterocycles. The summed E-state index contributed by atoms with van der Waals surface area (Å²) < 4.78 is 0. The summed E-state index contributed by atoms with van der Waals surface area (Å²) in [6, 6.07) is 1.58. The molecule has 0 fully saturated rings. The average Bonchev–Trinajstić information content (AvgIpc) is 2.57. The SMILES string of the molecule is CCCCCCCCCCCCCCCCCCCCC[SiH2]C. The molecule has 0 atom stereocenters. The Morgan fingerprint density at radius 3 is 0.913 bits per heavy atom. The van der Waals surface area contributed by atoms with Crippen molar-refractivity contribution in [3.8, 4) is 0 Å². The Morgan fingerprint density at radius 2 is 0.652 bits per heavy atom. The maximum Gasteiger partial charge on any atom is 0.0166 e. The summed E-state index contributed by atoms with van der Waals surface area (Å²) >= 11 is 0. The van der Waals surface area contributed by atoms with Gasteiger partial charge in [0.2, 0.25) is 0 Å². The summed E-state index contributed by atoms with van der Waals surface area (Å²) in [5.74, 6) is 0. The van der Waals surface area contributed by atoms with Crippen LogP contribution in [-0.2, 0) is 0 Å². The summed E-state index contributed by atoms with van der Waals surface area (Å²) in [5.41, 5.74) is 0. The summed E-state index contributed by atoms with van der Waals surface area (Å²) in [4.78, 5) is 0. The van der Waals surface area contributed by atoms with Crippen LogP contribution in [0.3, 0.4) is 0 Å². The topological polar surface area (TPSA) is 0 Å². The maximum absolute atomic E-state index is 2.44. The summed E-state index contributed by atoms with van der Waals surface area (Å²) in [7, 11) is 0.346. The van der Waals surface area contributed by atoms with Gasteiger partial charge in [-0.25, -0.2) is 0 Å². The van der Waals surface area contributed by atoms with Crippen LogP contribution < -0.4 is 0 Å². The first-order valence-electron chi connectivity index (χ1n) is 11.4. The Labute approximate surface area is 151 Å². The molecule has 0 saturated carbocycles. The Kier molecular flexibility index (Phi) is 22.4. The average molecular weight is 341 g/mol. The largest absolute Gasteiger partial charge is 0.0748 e. The molecule has 0 unspecified atom stereocenters. The smallest absolute Gasteiger partial charge is 0.0166 e. The molecule has 0 bridgehead atoms. The summed E-state index contributed by atoms with van der Waals surface area (Å²) in [6.07, 6.45) is 28.3. The Morgan fingerprint density at radius 1 is 0.391 bits per heavy atom. The van der Waals surface area contributed by atoms with Gasteiger partial charge in [-0.2, -0.15) is 0 Å². The zero-order chi connectivity index (χ0) is 16.8. The minimum Gasteiger partial charge on any atom is -0.0748 e. The van der Waals surface area contributed by atoms with Gasteiger partial charge in [-0.3, -0.25) is 0 Å². The van der Waals surface area contributed by atoms with Crippen molar-refractivity contribution in [2.45, 2.75) is 142 Å². The van der Waals surface area contributed by atoms with E-state index in [1.54, 1.807) is 6.04 Å². The van der Waals surface area contributed by atoms with Gasteiger partial charge >= 0.3 is 0 Å². The molecule has 0 aromatic rings. The summed E-state index contributed by atoms with van der Waals surface area (Å²) in [6.45, 7) is 4.74. The third-order valence-electron chi connectivity index (χ3n) is 5.21. The molecule has 0 saturated heterocycles. The van der Waals surface area contributed by atoms with E-state index in [0.29, 0.717) is 9.52 Å². The molecule has 140 valence electrons. The van der Waals surface area contributed by atoms with Crippen molar-refractivity contribution in [3.05, 3.63) is 0 Å². The van der Waals surface area contributed by atoms with Crippen LogP contribution in [0.4, 0.5) is 0 Å². The molecule has 0 aromatic heterocycles. The van der Waals surface area contributed by atoms with Crippen LogP contribution in [0.5, 0.6) is 0 Å². The first-order chi connectivity index (χ1) is 11.4. The van der Waals surface area contributed by atoms with Gasteiger partial charge in [-0.05, 0) is 0 Å². The standard InChI is InChI=1S/C22H48Si/c1-3-4-5-6-7-8-9-10-11-12-13-14-15-16-17-18-19-20-21-22-23-2/h3-23H2,1-2H3. The number of hydrogen-bond donors (Lipinski definition) is 0. The van der Waals surface area contributed by atoms with Crippen molar-refractivity contribution in [3.63, 3.8) is 0 Å². The Hall–Kier alpha value is 0.217. The zero-order valence-corrected chi connectivity index (χ0v) is 18.3. The van der Waals surface area contributed by atoms with E-state index in [-0.39, 0.29) is 0 Å². The third-order valence-corrected chi connectivity index (χ3v) is 6.41. The van der Waals surface area contributed by atoms with Gasteiger partial charge in [0.1, 0.15) is 0 Å². The molecule has 0 nitrogen and oxygen atoms in total. The highest BCUT2D eigenvalue weighted by atomic mass is 28.2. The lowest BCUT2D eigenvalue weighted by atomic mass is 10.0. The van der Waals surface area contributed by atoms with E-state index in [0.717, 1.165) is 0 Å². The highest BCUT2D eigenvalue weighted by molar-refractivity contribution is 6.33. The van der Waals surface area contributed by atoms with Crippen molar-refractivity contribution >= 4 is 9.52 Å². The van der Waals surface area contributed by atoms with E-state index in [2.05, 4.69) is 13.5 Å². The van der Waals surface area contributed by atoms with Gasteiger partial charge in [0.15, 0.2) is 0 Å². The van der Waals surface area contributed by atoms with Crippen LogP contribution >= 0.6 is 0 Å². The van der Waals surface area contributed by atoms with Crippen molar-refractivity contribution < 1.29 is 0 Å². The van der Waals surface area contributed by atoms with Gasteiger partial charge in [0, 0.05) is 9.52 Å². The fourth-order valence-electron chi connectivity index (χ4n) is 3.51. The van der Waals surface area contributed by atoms with Gasteiger partial charge in [0.05, 0.1) is 0 Å². The van der Waals surface area contributed by atoms with E-state index in [1.165, 1.54) is 122 Å². The molecule has 23 heavy (non-hydrogen) atoms. The van der Waals surface area contributed by atoms with Gasteiger partial charge < -0.3 is 0 Å².